The Morgan fingerprint density at radius 2 is 2.18 bits per heavy atom. The summed E-state index contributed by atoms with van der Waals surface area (Å²) in [4.78, 5) is 18.5. The molecule has 22 heavy (non-hydrogen) atoms. The summed E-state index contributed by atoms with van der Waals surface area (Å²) in [5.74, 6) is 0.517. The minimum atomic E-state index is -0.508. The SMILES string of the molecule is CCC1CCCCN1c1ccc(NC(=O)OC(C)(C)C)nc1. The van der Waals surface area contributed by atoms with Crippen molar-refractivity contribution in [3.63, 3.8) is 0 Å². The number of nitrogens with zero attached hydrogens (tertiary/aromatic N) is 2. The van der Waals surface area contributed by atoms with Crippen LogP contribution in [0.5, 0.6) is 0 Å². The van der Waals surface area contributed by atoms with Crippen molar-refractivity contribution >= 4 is 17.6 Å². The van der Waals surface area contributed by atoms with Crippen molar-refractivity contribution in [2.75, 3.05) is 16.8 Å². The fourth-order valence-electron chi connectivity index (χ4n) is 2.80. The Hall–Kier alpha value is -1.78. The number of amides is 1. The highest BCUT2D eigenvalue weighted by Gasteiger charge is 2.21. The molecule has 0 saturated carbocycles. The Morgan fingerprint density at radius 3 is 2.77 bits per heavy atom. The molecule has 0 aliphatic carbocycles. The van der Waals surface area contributed by atoms with Gasteiger partial charge in [0, 0.05) is 12.6 Å². The second kappa shape index (κ2) is 6.99. The van der Waals surface area contributed by atoms with Crippen molar-refractivity contribution in [1.82, 2.24) is 4.98 Å². The lowest BCUT2D eigenvalue weighted by Gasteiger charge is -2.37. The van der Waals surface area contributed by atoms with E-state index in [2.05, 4.69) is 22.1 Å². The van der Waals surface area contributed by atoms with Gasteiger partial charge in [-0.1, -0.05) is 6.92 Å². The first-order valence-electron chi connectivity index (χ1n) is 8.12. The largest absolute Gasteiger partial charge is 0.444 e. The van der Waals surface area contributed by atoms with Crippen molar-refractivity contribution in [3.8, 4) is 0 Å². The molecule has 0 radical (unpaired) electrons. The van der Waals surface area contributed by atoms with E-state index >= 15 is 0 Å². The molecule has 1 amide bonds. The van der Waals surface area contributed by atoms with Gasteiger partial charge in [0.2, 0.25) is 0 Å². The van der Waals surface area contributed by atoms with Gasteiger partial charge in [-0.05, 0) is 58.6 Å². The van der Waals surface area contributed by atoms with Gasteiger partial charge in [-0.25, -0.2) is 9.78 Å². The monoisotopic (exact) mass is 305 g/mol. The van der Waals surface area contributed by atoms with Gasteiger partial charge in [-0.3, -0.25) is 5.32 Å². The lowest BCUT2D eigenvalue weighted by atomic mass is 9.99. The van der Waals surface area contributed by atoms with Crippen LogP contribution in [-0.4, -0.2) is 29.3 Å². The normalized spacial score (nSPS) is 18.9. The number of ether oxygens (including phenoxy) is 1. The molecule has 2 heterocycles. The van der Waals surface area contributed by atoms with Crippen LogP contribution >= 0.6 is 0 Å². The van der Waals surface area contributed by atoms with Crippen LogP contribution in [0.4, 0.5) is 16.3 Å². The van der Waals surface area contributed by atoms with Crippen LogP contribution in [0, 0.1) is 0 Å². The average Bonchev–Trinajstić information content (AvgIpc) is 2.46. The maximum Gasteiger partial charge on any atom is 0.413 e. The van der Waals surface area contributed by atoms with E-state index in [4.69, 9.17) is 4.74 Å². The molecule has 1 N–H and O–H groups in total. The van der Waals surface area contributed by atoms with Crippen molar-refractivity contribution < 1.29 is 9.53 Å². The van der Waals surface area contributed by atoms with Gasteiger partial charge >= 0.3 is 6.09 Å². The van der Waals surface area contributed by atoms with Gasteiger partial charge in [-0.2, -0.15) is 0 Å². The maximum absolute atomic E-state index is 11.7. The number of hydrogen-bond donors (Lipinski definition) is 1. The second-order valence-corrected chi connectivity index (χ2v) is 6.78. The van der Waals surface area contributed by atoms with Gasteiger partial charge in [0.1, 0.15) is 11.4 Å². The van der Waals surface area contributed by atoms with Crippen LogP contribution in [0.3, 0.4) is 0 Å². The number of aromatic nitrogens is 1. The zero-order valence-corrected chi connectivity index (χ0v) is 14.1. The van der Waals surface area contributed by atoms with Gasteiger partial charge in [0.05, 0.1) is 11.9 Å². The summed E-state index contributed by atoms with van der Waals surface area (Å²) in [6.07, 6.45) is 6.29. The topological polar surface area (TPSA) is 54.5 Å². The molecule has 1 atom stereocenters. The number of nitrogens with one attached hydrogen (secondary N) is 1. The zero-order chi connectivity index (χ0) is 16.2. The molecule has 1 aliphatic heterocycles. The third kappa shape index (κ3) is 4.61. The van der Waals surface area contributed by atoms with Crippen molar-refractivity contribution in [3.05, 3.63) is 18.3 Å². The Balaban J connectivity index is 1.99. The number of rotatable bonds is 3. The smallest absolute Gasteiger partial charge is 0.413 e. The molecule has 5 nitrogen and oxygen atoms in total. The van der Waals surface area contributed by atoms with Crippen LogP contribution in [0.2, 0.25) is 0 Å². The molecule has 2 rings (SSSR count). The van der Waals surface area contributed by atoms with Crippen molar-refractivity contribution in [1.29, 1.82) is 0 Å². The van der Waals surface area contributed by atoms with Gasteiger partial charge in [-0.15, -0.1) is 0 Å². The Labute approximate surface area is 133 Å². The molecular weight excluding hydrogens is 278 g/mol. The van der Waals surface area contributed by atoms with Gasteiger partial charge in [0.15, 0.2) is 0 Å². The highest BCUT2D eigenvalue weighted by molar-refractivity contribution is 5.83. The number of piperidine rings is 1. The predicted octanol–water partition coefficient (Wildman–Crippen LogP) is 4.20. The molecular formula is C17H27N3O2. The molecule has 0 spiro atoms. The van der Waals surface area contributed by atoms with Crippen LogP contribution in [-0.2, 0) is 4.74 Å². The summed E-state index contributed by atoms with van der Waals surface area (Å²) in [7, 11) is 0. The summed E-state index contributed by atoms with van der Waals surface area (Å²) < 4.78 is 5.22. The first-order valence-corrected chi connectivity index (χ1v) is 8.12. The summed E-state index contributed by atoms with van der Waals surface area (Å²) >= 11 is 0. The average molecular weight is 305 g/mol. The van der Waals surface area contributed by atoms with Crippen molar-refractivity contribution in [2.24, 2.45) is 0 Å². The van der Waals surface area contributed by atoms with E-state index in [-0.39, 0.29) is 0 Å². The number of carbonyl (C=O) groups is 1. The summed E-state index contributed by atoms with van der Waals surface area (Å²) in [5.41, 5.74) is 0.618. The van der Waals surface area contributed by atoms with Gasteiger partial charge < -0.3 is 9.64 Å². The van der Waals surface area contributed by atoms with E-state index < -0.39 is 11.7 Å². The highest BCUT2D eigenvalue weighted by Crippen LogP contribution is 2.26. The predicted molar refractivity (Wildman–Crippen MR) is 89.4 cm³/mol. The molecule has 122 valence electrons. The fraction of sp³-hybridized carbons (Fsp3) is 0.647. The number of hydrogen-bond acceptors (Lipinski definition) is 4. The van der Waals surface area contributed by atoms with E-state index in [9.17, 15) is 4.79 Å². The molecule has 1 aromatic heterocycles. The van der Waals surface area contributed by atoms with Crippen LogP contribution in [0.15, 0.2) is 18.3 Å². The van der Waals surface area contributed by atoms with Crippen LogP contribution in [0.1, 0.15) is 53.4 Å². The number of carbonyl (C=O) groups excluding carboxylic acids is 1. The molecule has 1 aliphatic rings. The number of anilines is 2. The summed E-state index contributed by atoms with van der Waals surface area (Å²) in [5, 5.41) is 2.66. The number of pyridine rings is 1. The second-order valence-electron chi connectivity index (χ2n) is 6.78. The Kier molecular flexibility index (Phi) is 5.27. The zero-order valence-electron chi connectivity index (χ0n) is 14.1. The molecule has 1 aromatic rings. The van der Waals surface area contributed by atoms with Crippen molar-refractivity contribution in [2.45, 2.75) is 65.0 Å². The van der Waals surface area contributed by atoms with E-state index in [1.54, 1.807) is 0 Å². The maximum atomic E-state index is 11.7. The minimum Gasteiger partial charge on any atom is -0.444 e. The van der Waals surface area contributed by atoms with E-state index in [0.29, 0.717) is 11.9 Å². The minimum absolute atomic E-state index is 0.475. The highest BCUT2D eigenvalue weighted by atomic mass is 16.6. The standard InChI is InChI=1S/C17H27N3O2/c1-5-13-8-6-7-11-20(13)14-9-10-15(18-12-14)19-16(21)22-17(2,3)4/h9-10,12-13H,5-8,11H2,1-4H3,(H,18,19,21). The van der Waals surface area contributed by atoms with E-state index in [1.807, 2.05) is 39.1 Å². The molecule has 0 aromatic carbocycles. The third-order valence-corrected chi connectivity index (χ3v) is 3.81. The molecule has 1 fully saturated rings. The summed E-state index contributed by atoms with van der Waals surface area (Å²) in [6, 6.07) is 4.45. The summed E-state index contributed by atoms with van der Waals surface area (Å²) in [6.45, 7) is 8.83. The quantitative estimate of drug-likeness (QED) is 0.909. The lowest BCUT2D eigenvalue weighted by molar-refractivity contribution is 0.0635. The Bertz CT molecular complexity index is 494. The van der Waals surface area contributed by atoms with Crippen LogP contribution in [0.25, 0.3) is 0 Å². The molecule has 5 heteroatoms. The first-order chi connectivity index (χ1) is 10.4. The van der Waals surface area contributed by atoms with E-state index in [0.717, 1.165) is 18.7 Å². The first kappa shape index (κ1) is 16.6. The fourth-order valence-corrected chi connectivity index (χ4v) is 2.80. The molecule has 1 unspecified atom stereocenters. The Morgan fingerprint density at radius 1 is 1.41 bits per heavy atom. The molecule has 1 saturated heterocycles. The van der Waals surface area contributed by atoms with Gasteiger partial charge in [0.25, 0.3) is 0 Å². The van der Waals surface area contributed by atoms with Crippen LogP contribution < -0.4 is 10.2 Å². The van der Waals surface area contributed by atoms with E-state index in [1.165, 1.54) is 19.3 Å². The third-order valence-electron chi connectivity index (χ3n) is 3.81. The molecule has 0 bridgehead atoms. The lowest BCUT2D eigenvalue weighted by Crippen LogP contribution is -2.39.